The Balaban J connectivity index is 3.02. The van der Waals surface area contributed by atoms with Crippen LogP contribution in [-0.2, 0) is 14.4 Å². The third-order valence-corrected chi connectivity index (χ3v) is 5.35. The quantitative estimate of drug-likeness (QED) is 0.0866. The van der Waals surface area contributed by atoms with Crippen molar-refractivity contribution in [1.29, 1.82) is 5.41 Å². The summed E-state index contributed by atoms with van der Waals surface area (Å²) in [5.74, 6) is -2.66. The van der Waals surface area contributed by atoms with E-state index in [1.165, 1.54) is 19.3 Å². The first-order valence-corrected chi connectivity index (χ1v) is 11.4. The van der Waals surface area contributed by atoms with E-state index in [1.54, 1.807) is 18.9 Å². The first-order valence-electron chi connectivity index (χ1n) is 11.4. The topological polar surface area (TPSA) is 190 Å². The molecule has 0 fully saturated rings. The number of likely N-dealkylation sites (N-methyl/N-ethyl adjacent to an activating group) is 1. The number of alkyl halides is 1. The van der Waals surface area contributed by atoms with E-state index in [0.29, 0.717) is 19.4 Å². The average molecular weight is 512 g/mol. The Kier molecular flexibility index (Phi) is 12.9. The average Bonchev–Trinajstić information content (AvgIpc) is 2.83. The molecule has 1 aromatic heterocycles. The van der Waals surface area contributed by atoms with Crippen molar-refractivity contribution in [1.82, 2.24) is 19.8 Å². The number of aliphatic carboxylic acids is 1. The fourth-order valence-corrected chi connectivity index (χ4v) is 3.28. The predicted molar refractivity (Wildman–Crippen MR) is 131 cm³/mol. The minimum atomic E-state index is -1.32. The molecule has 1 amide bonds. The number of halogens is 1. The van der Waals surface area contributed by atoms with Crippen molar-refractivity contribution >= 4 is 34.9 Å². The number of nitrogens with one attached hydrogen (secondary N) is 3. The SMILES string of the molecule is CCC(C(=O)NC(CC(=O)O)C(=O)CN(C)CCCCF)n1ccnc(NCC(=N)/C(C)=N\O)c1=O. The fourth-order valence-electron chi connectivity index (χ4n) is 3.28. The Labute approximate surface area is 207 Å². The van der Waals surface area contributed by atoms with Crippen LogP contribution in [0.2, 0.25) is 0 Å². The Morgan fingerprint density at radius 3 is 2.61 bits per heavy atom. The van der Waals surface area contributed by atoms with Crippen LogP contribution in [-0.4, -0.2) is 93.2 Å². The zero-order valence-electron chi connectivity index (χ0n) is 20.7. The highest BCUT2D eigenvalue weighted by Gasteiger charge is 2.29. The molecule has 5 N–H and O–H groups in total. The number of unbranched alkanes of at least 4 members (excludes halogenated alkanes) is 1. The van der Waals surface area contributed by atoms with Crippen molar-refractivity contribution in [2.75, 3.05) is 38.7 Å². The van der Waals surface area contributed by atoms with E-state index in [2.05, 4.69) is 20.8 Å². The number of ketones is 1. The molecule has 0 bridgehead atoms. The second kappa shape index (κ2) is 15.3. The largest absolute Gasteiger partial charge is 0.481 e. The highest BCUT2D eigenvalue weighted by atomic mass is 19.1. The molecule has 1 aromatic rings. The fraction of sp³-hybridized carbons (Fsp3) is 0.591. The van der Waals surface area contributed by atoms with Gasteiger partial charge in [0.2, 0.25) is 5.91 Å². The summed E-state index contributed by atoms with van der Waals surface area (Å²) in [6.45, 7) is 2.74. The molecular formula is C22H34FN7O6. The van der Waals surface area contributed by atoms with Crippen molar-refractivity contribution in [3.05, 3.63) is 22.7 Å². The standard InChI is InChI=1S/C22H34FN7O6/c1-4-17(30-10-8-25-20(22(30)35)26-12-15(24)14(2)28-36)21(34)27-16(11-19(32)33)18(31)13-29(3)9-6-5-7-23/h8,10,16-17,24,36H,4-7,9,11-13H2,1-3H3,(H,25,26)(H,27,34)(H,32,33)/b24-15?,28-14-. The molecule has 0 saturated carbocycles. The summed E-state index contributed by atoms with van der Waals surface area (Å²) in [6.07, 6.45) is 2.96. The van der Waals surface area contributed by atoms with Gasteiger partial charge in [0.05, 0.1) is 43.7 Å². The lowest BCUT2D eigenvalue weighted by Crippen LogP contribution is -2.49. The van der Waals surface area contributed by atoms with Gasteiger partial charge in [0.15, 0.2) is 11.6 Å². The molecule has 14 heteroatoms. The molecule has 0 aromatic carbocycles. The van der Waals surface area contributed by atoms with Crippen molar-refractivity contribution in [3.8, 4) is 0 Å². The van der Waals surface area contributed by atoms with E-state index in [-0.39, 0.29) is 36.8 Å². The summed E-state index contributed by atoms with van der Waals surface area (Å²) in [5.41, 5.74) is -0.699. The van der Waals surface area contributed by atoms with Gasteiger partial charge in [-0.2, -0.15) is 0 Å². The Hall–Kier alpha value is -3.68. The highest BCUT2D eigenvalue weighted by Crippen LogP contribution is 2.11. The summed E-state index contributed by atoms with van der Waals surface area (Å²) in [4.78, 5) is 55.5. The molecule has 0 aliphatic rings. The molecule has 0 aliphatic heterocycles. The molecule has 0 radical (unpaired) electrons. The number of aromatic nitrogens is 2. The van der Waals surface area contributed by atoms with Crippen LogP contribution in [0.15, 0.2) is 22.3 Å². The van der Waals surface area contributed by atoms with Gasteiger partial charge in [-0.15, -0.1) is 0 Å². The lowest BCUT2D eigenvalue weighted by atomic mass is 10.1. The van der Waals surface area contributed by atoms with Crippen LogP contribution in [0.4, 0.5) is 10.2 Å². The second-order valence-corrected chi connectivity index (χ2v) is 8.19. The van der Waals surface area contributed by atoms with Gasteiger partial charge in [0.25, 0.3) is 5.56 Å². The molecule has 0 saturated heterocycles. The zero-order valence-corrected chi connectivity index (χ0v) is 20.7. The second-order valence-electron chi connectivity index (χ2n) is 8.19. The summed E-state index contributed by atoms with van der Waals surface area (Å²) < 4.78 is 13.4. The molecule has 1 rings (SSSR count). The smallest absolute Gasteiger partial charge is 0.305 e. The third kappa shape index (κ3) is 9.52. The number of hydrogen-bond acceptors (Lipinski definition) is 10. The van der Waals surface area contributed by atoms with Crippen molar-refractivity contribution < 1.29 is 29.1 Å². The van der Waals surface area contributed by atoms with Crippen LogP contribution in [0.3, 0.4) is 0 Å². The van der Waals surface area contributed by atoms with E-state index in [9.17, 15) is 28.7 Å². The van der Waals surface area contributed by atoms with Crippen molar-refractivity contribution in [2.24, 2.45) is 5.16 Å². The van der Waals surface area contributed by atoms with E-state index in [1.807, 2.05) is 0 Å². The minimum Gasteiger partial charge on any atom is -0.481 e. The summed E-state index contributed by atoms with van der Waals surface area (Å²) in [6, 6.07) is -2.38. The number of carbonyl (C=O) groups excluding carboxylic acids is 2. The lowest BCUT2D eigenvalue weighted by molar-refractivity contribution is -0.140. The molecule has 36 heavy (non-hydrogen) atoms. The predicted octanol–water partition coefficient (Wildman–Crippen LogP) is 0.686. The number of rotatable bonds is 17. The molecule has 1 heterocycles. The molecule has 2 atom stereocenters. The number of nitrogens with zero attached hydrogens (tertiary/aromatic N) is 4. The summed E-state index contributed by atoms with van der Waals surface area (Å²) in [5, 5.41) is 33.8. The zero-order chi connectivity index (χ0) is 27.3. The molecule has 0 spiro atoms. The Morgan fingerprint density at radius 1 is 1.33 bits per heavy atom. The van der Waals surface area contributed by atoms with Crippen LogP contribution in [0.5, 0.6) is 0 Å². The van der Waals surface area contributed by atoms with Gasteiger partial charge in [-0.1, -0.05) is 12.1 Å². The molecule has 13 nitrogen and oxygen atoms in total. The highest BCUT2D eigenvalue weighted by molar-refractivity contribution is 6.41. The van der Waals surface area contributed by atoms with Crippen LogP contribution < -0.4 is 16.2 Å². The minimum absolute atomic E-state index is 0.0479. The number of amides is 1. The van der Waals surface area contributed by atoms with Gasteiger partial charge >= 0.3 is 5.97 Å². The Morgan fingerprint density at radius 2 is 2.03 bits per heavy atom. The van der Waals surface area contributed by atoms with E-state index in [0.717, 1.165) is 4.57 Å². The lowest BCUT2D eigenvalue weighted by Gasteiger charge is -2.24. The summed E-state index contributed by atoms with van der Waals surface area (Å²) in [7, 11) is 1.64. The van der Waals surface area contributed by atoms with Gasteiger partial charge in [-0.3, -0.25) is 33.0 Å². The number of hydrogen-bond donors (Lipinski definition) is 5. The van der Waals surface area contributed by atoms with Crippen LogP contribution >= 0.6 is 0 Å². The third-order valence-electron chi connectivity index (χ3n) is 5.35. The number of Topliss-reactive ketones (excluding diaryl/α,β-unsaturated/α-hetero) is 1. The van der Waals surface area contributed by atoms with Gasteiger partial charge in [0, 0.05) is 12.4 Å². The Bertz CT molecular complexity index is 1010. The van der Waals surface area contributed by atoms with E-state index < -0.39 is 48.4 Å². The van der Waals surface area contributed by atoms with Gasteiger partial charge < -0.3 is 26.4 Å². The molecule has 200 valence electrons. The van der Waals surface area contributed by atoms with E-state index >= 15 is 0 Å². The maximum absolute atomic E-state index is 13.0. The van der Waals surface area contributed by atoms with Gasteiger partial charge in [-0.05, 0) is 39.8 Å². The maximum Gasteiger partial charge on any atom is 0.305 e. The number of oxime groups is 1. The molecular weight excluding hydrogens is 477 g/mol. The van der Waals surface area contributed by atoms with E-state index in [4.69, 9.17) is 10.6 Å². The number of carboxylic acids is 1. The maximum atomic E-state index is 13.0. The number of carbonyl (C=O) groups is 3. The first-order chi connectivity index (χ1) is 17.0. The molecule has 0 aliphatic carbocycles. The summed E-state index contributed by atoms with van der Waals surface area (Å²) >= 11 is 0. The van der Waals surface area contributed by atoms with Crippen LogP contribution in [0.1, 0.15) is 45.6 Å². The van der Waals surface area contributed by atoms with Crippen molar-refractivity contribution in [2.45, 2.75) is 51.6 Å². The first kappa shape index (κ1) is 30.4. The van der Waals surface area contributed by atoms with Gasteiger partial charge in [0.1, 0.15) is 6.04 Å². The number of carboxylic acid groups (broad SMARTS) is 1. The molecule has 2 unspecified atom stereocenters. The van der Waals surface area contributed by atoms with Crippen LogP contribution in [0.25, 0.3) is 0 Å². The number of anilines is 1. The normalized spacial score (nSPS) is 13.2. The van der Waals surface area contributed by atoms with Crippen molar-refractivity contribution in [3.63, 3.8) is 0 Å². The van der Waals surface area contributed by atoms with Crippen LogP contribution in [0, 0.1) is 5.41 Å². The van der Waals surface area contributed by atoms with Gasteiger partial charge in [-0.25, -0.2) is 4.98 Å². The monoisotopic (exact) mass is 511 g/mol.